The van der Waals surface area contributed by atoms with Gasteiger partial charge in [-0.2, -0.15) is 0 Å². The van der Waals surface area contributed by atoms with Gasteiger partial charge in [-0.15, -0.1) is 0 Å². The highest BCUT2D eigenvalue weighted by molar-refractivity contribution is 4.74. The Hall–Kier alpha value is -0.180. The van der Waals surface area contributed by atoms with Crippen molar-refractivity contribution >= 4 is 0 Å². The summed E-state index contributed by atoms with van der Waals surface area (Å²) in [4.78, 5) is 0. The van der Waals surface area contributed by atoms with E-state index in [1.807, 2.05) is 13.8 Å². The summed E-state index contributed by atoms with van der Waals surface area (Å²) in [5.74, 6) is -3.17. The van der Waals surface area contributed by atoms with Gasteiger partial charge in [-0.05, 0) is 38.5 Å². The summed E-state index contributed by atoms with van der Waals surface area (Å²) in [6.07, 6.45) is 2.36. The van der Waals surface area contributed by atoms with Gasteiger partial charge >= 0.3 is 0 Å². The van der Waals surface area contributed by atoms with Crippen molar-refractivity contribution in [1.82, 2.24) is 0 Å². The summed E-state index contributed by atoms with van der Waals surface area (Å²) in [7, 11) is 0. The van der Waals surface area contributed by atoms with Crippen molar-refractivity contribution in [2.75, 3.05) is 6.61 Å². The molecule has 0 aromatic rings. The van der Waals surface area contributed by atoms with Gasteiger partial charge in [0.2, 0.25) is 0 Å². The Balaban J connectivity index is 3.93. The molecule has 0 aromatic heterocycles. The van der Waals surface area contributed by atoms with E-state index in [1.54, 1.807) is 13.8 Å². The van der Waals surface area contributed by atoms with E-state index in [1.165, 1.54) is 0 Å². The van der Waals surface area contributed by atoms with Crippen LogP contribution < -0.4 is 0 Å². The summed E-state index contributed by atoms with van der Waals surface area (Å²) in [6, 6.07) is 0. The average Bonchev–Trinajstić information content (AvgIpc) is 2.21. The molecule has 0 aliphatic carbocycles. The Kier molecular flexibility index (Phi) is 6.94. The minimum atomic E-state index is -2.57. The molecule has 0 rings (SSSR count). The van der Waals surface area contributed by atoms with Crippen LogP contribution in [-0.2, 0) is 4.74 Å². The highest BCUT2D eigenvalue weighted by atomic mass is 19.3. The molecule has 0 atom stereocenters. The molecule has 1 nitrogen and oxygen atoms in total. The molecule has 0 fully saturated rings. The van der Waals surface area contributed by atoms with Crippen LogP contribution in [0.5, 0.6) is 0 Å². The Morgan fingerprint density at radius 2 is 1.42 bits per heavy atom. The number of halogens is 2. The molecule has 3 heteroatoms. The van der Waals surface area contributed by atoms with Crippen LogP contribution in [0.15, 0.2) is 0 Å². The fourth-order valence-corrected chi connectivity index (χ4v) is 1.69. The van der Waals surface area contributed by atoms with Gasteiger partial charge in [-0.25, -0.2) is 8.78 Å². The fraction of sp³-hybridized carbons (Fsp3) is 1.00. The Bertz CT molecular complexity index is 252. The third-order valence-corrected chi connectivity index (χ3v) is 3.47. The standard InChI is InChI=1S/C16H32F2O/c1-13(2)16(17,18)9-8-12-19-15(6,7)11-10-14(3,4)5/h13H,8-12H2,1-7H3. The molecule has 0 saturated heterocycles. The van der Waals surface area contributed by atoms with E-state index in [0.717, 1.165) is 12.8 Å². The monoisotopic (exact) mass is 278 g/mol. The minimum Gasteiger partial charge on any atom is -0.376 e. The van der Waals surface area contributed by atoms with Crippen molar-refractivity contribution in [3.05, 3.63) is 0 Å². The summed E-state index contributed by atoms with van der Waals surface area (Å²) < 4.78 is 32.6. The number of hydrogen-bond donors (Lipinski definition) is 0. The van der Waals surface area contributed by atoms with Crippen molar-refractivity contribution in [1.29, 1.82) is 0 Å². The lowest BCUT2D eigenvalue weighted by atomic mass is 9.86. The number of rotatable bonds is 8. The predicted molar refractivity (Wildman–Crippen MR) is 77.7 cm³/mol. The fourth-order valence-electron chi connectivity index (χ4n) is 1.69. The van der Waals surface area contributed by atoms with Gasteiger partial charge in [0.1, 0.15) is 0 Å². The maximum absolute atomic E-state index is 13.4. The van der Waals surface area contributed by atoms with E-state index < -0.39 is 11.8 Å². The van der Waals surface area contributed by atoms with Gasteiger partial charge in [0.15, 0.2) is 0 Å². The molecule has 0 unspecified atom stereocenters. The maximum Gasteiger partial charge on any atom is 0.250 e. The lowest BCUT2D eigenvalue weighted by Gasteiger charge is -2.29. The summed E-state index contributed by atoms with van der Waals surface area (Å²) in [5.41, 5.74) is 0.0612. The third kappa shape index (κ3) is 9.37. The molecule has 0 heterocycles. The Labute approximate surface area is 118 Å². The Morgan fingerprint density at radius 3 is 1.84 bits per heavy atom. The molecule has 0 aromatic carbocycles. The SMILES string of the molecule is CC(C)C(F)(F)CCCOC(C)(C)CCC(C)(C)C. The zero-order valence-corrected chi connectivity index (χ0v) is 13.8. The normalized spacial score (nSPS) is 14.2. The molecule has 0 aliphatic rings. The molecule has 0 aliphatic heterocycles. The van der Waals surface area contributed by atoms with Crippen molar-refractivity contribution in [2.45, 2.75) is 85.7 Å². The second-order valence-electron chi connectivity index (χ2n) is 7.69. The zero-order valence-electron chi connectivity index (χ0n) is 13.8. The molecular formula is C16H32F2O. The van der Waals surface area contributed by atoms with E-state index in [-0.39, 0.29) is 17.4 Å². The van der Waals surface area contributed by atoms with Crippen molar-refractivity contribution in [3.63, 3.8) is 0 Å². The Morgan fingerprint density at radius 1 is 0.895 bits per heavy atom. The average molecular weight is 278 g/mol. The van der Waals surface area contributed by atoms with E-state index >= 15 is 0 Å². The molecule has 0 spiro atoms. The zero-order chi connectivity index (χ0) is 15.3. The van der Waals surface area contributed by atoms with Gasteiger partial charge in [0, 0.05) is 18.9 Å². The van der Waals surface area contributed by atoms with Crippen LogP contribution in [0, 0.1) is 11.3 Å². The maximum atomic E-state index is 13.4. The molecule has 0 bridgehead atoms. The van der Waals surface area contributed by atoms with E-state index in [2.05, 4.69) is 20.8 Å². The van der Waals surface area contributed by atoms with E-state index in [9.17, 15) is 8.78 Å². The smallest absolute Gasteiger partial charge is 0.250 e. The van der Waals surface area contributed by atoms with Crippen LogP contribution in [0.3, 0.4) is 0 Å². The quantitative estimate of drug-likeness (QED) is 0.519. The number of hydrogen-bond acceptors (Lipinski definition) is 1. The summed E-state index contributed by atoms with van der Waals surface area (Å²) >= 11 is 0. The first-order valence-electron chi connectivity index (χ1n) is 7.37. The second-order valence-corrected chi connectivity index (χ2v) is 7.69. The minimum absolute atomic E-state index is 0.0833. The highest BCUT2D eigenvalue weighted by Crippen LogP contribution is 2.30. The molecule has 116 valence electrons. The van der Waals surface area contributed by atoms with Crippen LogP contribution in [0.4, 0.5) is 8.78 Å². The van der Waals surface area contributed by atoms with Crippen LogP contribution in [-0.4, -0.2) is 18.1 Å². The van der Waals surface area contributed by atoms with Gasteiger partial charge in [-0.3, -0.25) is 0 Å². The predicted octanol–water partition coefficient (Wildman–Crippen LogP) is 5.68. The molecule has 19 heavy (non-hydrogen) atoms. The third-order valence-electron chi connectivity index (χ3n) is 3.47. The van der Waals surface area contributed by atoms with Crippen molar-refractivity contribution in [2.24, 2.45) is 11.3 Å². The molecule has 0 saturated carbocycles. The van der Waals surface area contributed by atoms with Crippen molar-refractivity contribution in [3.8, 4) is 0 Å². The van der Waals surface area contributed by atoms with E-state index in [4.69, 9.17) is 4.74 Å². The number of alkyl halides is 2. The second kappa shape index (κ2) is 7.01. The first-order chi connectivity index (χ1) is 8.36. The van der Waals surface area contributed by atoms with Crippen LogP contribution in [0.1, 0.15) is 74.1 Å². The molecule has 0 radical (unpaired) electrons. The first-order valence-corrected chi connectivity index (χ1v) is 7.37. The van der Waals surface area contributed by atoms with E-state index in [0.29, 0.717) is 13.0 Å². The lowest BCUT2D eigenvalue weighted by molar-refractivity contribution is -0.0729. The van der Waals surface area contributed by atoms with Gasteiger partial charge in [0.25, 0.3) is 5.92 Å². The summed E-state index contributed by atoms with van der Waals surface area (Å²) in [6.45, 7) is 14.2. The topological polar surface area (TPSA) is 9.23 Å². The largest absolute Gasteiger partial charge is 0.376 e. The van der Waals surface area contributed by atoms with Crippen LogP contribution >= 0.6 is 0 Å². The van der Waals surface area contributed by atoms with Gasteiger partial charge in [0.05, 0.1) is 5.60 Å². The van der Waals surface area contributed by atoms with Crippen LogP contribution in [0.2, 0.25) is 0 Å². The number of ether oxygens (including phenoxy) is 1. The van der Waals surface area contributed by atoms with Crippen LogP contribution in [0.25, 0.3) is 0 Å². The molecular weight excluding hydrogens is 246 g/mol. The molecule has 0 N–H and O–H groups in total. The van der Waals surface area contributed by atoms with Crippen molar-refractivity contribution < 1.29 is 13.5 Å². The highest BCUT2D eigenvalue weighted by Gasteiger charge is 2.32. The van der Waals surface area contributed by atoms with Gasteiger partial charge < -0.3 is 4.74 Å². The van der Waals surface area contributed by atoms with Gasteiger partial charge in [-0.1, -0.05) is 34.6 Å². The first kappa shape index (κ1) is 18.8. The molecule has 0 amide bonds. The summed E-state index contributed by atoms with van der Waals surface area (Å²) in [5, 5.41) is 0. The lowest BCUT2D eigenvalue weighted by Crippen LogP contribution is -2.28.